The highest BCUT2D eigenvalue weighted by Crippen LogP contribution is 2.10. The summed E-state index contributed by atoms with van der Waals surface area (Å²) in [5.74, 6) is 1.05. The first-order valence-corrected chi connectivity index (χ1v) is 6.94. The number of hydrogen-bond acceptors (Lipinski definition) is 4. The molecule has 0 aliphatic heterocycles. The van der Waals surface area contributed by atoms with Gasteiger partial charge in [0, 0.05) is 31.1 Å². The summed E-state index contributed by atoms with van der Waals surface area (Å²) in [6.07, 6.45) is 3.12. The number of ketones is 1. The molecule has 1 N–H and O–H groups in total. The predicted octanol–water partition coefficient (Wildman–Crippen LogP) is 2.23. The van der Waals surface area contributed by atoms with Crippen molar-refractivity contribution in [2.45, 2.75) is 33.6 Å². The van der Waals surface area contributed by atoms with Gasteiger partial charge in [0.25, 0.3) is 0 Å². The van der Waals surface area contributed by atoms with Crippen LogP contribution in [0.15, 0.2) is 18.3 Å². The Labute approximate surface area is 115 Å². The highest BCUT2D eigenvalue weighted by Gasteiger charge is 2.07. The van der Waals surface area contributed by atoms with Gasteiger partial charge in [0.1, 0.15) is 12.4 Å². The maximum absolute atomic E-state index is 11.5. The molecule has 0 unspecified atom stereocenters. The van der Waals surface area contributed by atoms with E-state index in [2.05, 4.69) is 17.2 Å². The first kappa shape index (κ1) is 15.6. The number of nitrogens with one attached hydrogen (secondary N) is 1. The van der Waals surface area contributed by atoms with Crippen molar-refractivity contribution in [1.82, 2.24) is 10.3 Å². The topological polar surface area (TPSA) is 51.2 Å². The number of likely N-dealkylation sites (N-methyl/N-ethyl adjacent to an activating group) is 1. The van der Waals surface area contributed by atoms with Crippen molar-refractivity contribution in [3.63, 3.8) is 0 Å². The Morgan fingerprint density at radius 1 is 1.42 bits per heavy atom. The van der Waals surface area contributed by atoms with Crippen LogP contribution in [-0.2, 0) is 11.2 Å². The lowest BCUT2D eigenvalue weighted by atomic mass is 10.0. The van der Waals surface area contributed by atoms with E-state index in [0.29, 0.717) is 24.7 Å². The van der Waals surface area contributed by atoms with Crippen molar-refractivity contribution in [3.8, 4) is 5.88 Å². The van der Waals surface area contributed by atoms with E-state index in [9.17, 15) is 4.79 Å². The summed E-state index contributed by atoms with van der Waals surface area (Å²) in [4.78, 5) is 15.8. The standard InChI is InChI=1S/C15H24N2O2/c1-4-16-9-10-19-15-8-6-13(11-17-15)5-7-14(18)12(2)3/h6,8,11-12,16H,4-5,7,9-10H2,1-3H3. The summed E-state index contributed by atoms with van der Waals surface area (Å²) in [6, 6.07) is 3.84. The molecule has 1 aromatic rings. The lowest BCUT2D eigenvalue weighted by Crippen LogP contribution is -2.20. The molecule has 106 valence electrons. The molecular weight excluding hydrogens is 240 g/mol. The maximum Gasteiger partial charge on any atom is 0.213 e. The van der Waals surface area contributed by atoms with Gasteiger partial charge >= 0.3 is 0 Å². The first-order chi connectivity index (χ1) is 9.13. The van der Waals surface area contributed by atoms with Gasteiger partial charge in [-0.15, -0.1) is 0 Å². The molecule has 1 aromatic heterocycles. The number of aryl methyl sites for hydroxylation is 1. The molecule has 0 radical (unpaired) electrons. The third-order valence-electron chi connectivity index (χ3n) is 2.88. The van der Waals surface area contributed by atoms with Crippen LogP contribution in [0.2, 0.25) is 0 Å². The summed E-state index contributed by atoms with van der Waals surface area (Å²) < 4.78 is 5.49. The van der Waals surface area contributed by atoms with E-state index in [4.69, 9.17) is 4.74 Å². The molecule has 1 rings (SSSR count). The number of carbonyl (C=O) groups is 1. The number of aromatic nitrogens is 1. The maximum atomic E-state index is 11.5. The second kappa shape index (κ2) is 8.64. The number of rotatable bonds is 9. The second-order valence-electron chi connectivity index (χ2n) is 4.83. The Balaban J connectivity index is 2.33. The second-order valence-corrected chi connectivity index (χ2v) is 4.83. The van der Waals surface area contributed by atoms with E-state index in [1.54, 1.807) is 6.20 Å². The smallest absolute Gasteiger partial charge is 0.213 e. The summed E-state index contributed by atoms with van der Waals surface area (Å²) in [5, 5.41) is 3.18. The minimum Gasteiger partial charge on any atom is -0.476 e. The predicted molar refractivity (Wildman–Crippen MR) is 76.4 cm³/mol. The number of hydrogen-bond donors (Lipinski definition) is 1. The van der Waals surface area contributed by atoms with Crippen molar-refractivity contribution < 1.29 is 9.53 Å². The average molecular weight is 264 g/mol. The molecule has 19 heavy (non-hydrogen) atoms. The Kier molecular flexibility index (Phi) is 7.11. The molecule has 4 nitrogen and oxygen atoms in total. The molecule has 0 saturated carbocycles. The van der Waals surface area contributed by atoms with Crippen LogP contribution < -0.4 is 10.1 Å². The number of pyridine rings is 1. The fourth-order valence-corrected chi connectivity index (χ4v) is 1.60. The fraction of sp³-hybridized carbons (Fsp3) is 0.600. The van der Waals surface area contributed by atoms with Crippen LogP contribution in [0.4, 0.5) is 0 Å². The molecule has 1 heterocycles. The van der Waals surface area contributed by atoms with Crippen molar-refractivity contribution in [3.05, 3.63) is 23.9 Å². The van der Waals surface area contributed by atoms with Gasteiger partial charge < -0.3 is 10.1 Å². The van der Waals surface area contributed by atoms with E-state index >= 15 is 0 Å². The van der Waals surface area contributed by atoms with Crippen LogP contribution in [0.3, 0.4) is 0 Å². The Morgan fingerprint density at radius 2 is 2.21 bits per heavy atom. The summed E-state index contributed by atoms with van der Waals surface area (Å²) in [6.45, 7) is 8.31. The van der Waals surface area contributed by atoms with Gasteiger partial charge in [-0.05, 0) is 18.5 Å². The molecule has 0 fully saturated rings. The van der Waals surface area contributed by atoms with E-state index in [0.717, 1.165) is 25.1 Å². The number of Topliss-reactive ketones (excluding diaryl/α,β-unsaturated/α-hetero) is 1. The zero-order valence-corrected chi connectivity index (χ0v) is 12.1. The molecule has 0 spiro atoms. The van der Waals surface area contributed by atoms with Crippen LogP contribution in [0.5, 0.6) is 5.88 Å². The van der Waals surface area contributed by atoms with Crippen LogP contribution in [-0.4, -0.2) is 30.5 Å². The quantitative estimate of drug-likeness (QED) is 0.695. The van der Waals surface area contributed by atoms with E-state index in [1.165, 1.54) is 0 Å². The number of carbonyl (C=O) groups excluding carboxylic acids is 1. The Hall–Kier alpha value is -1.42. The lowest BCUT2D eigenvalue weighted by Gasteiger charge is -2.07. The van der Waals surface area contributed by atoms with Crippen molar-refractivity contribution in [1.29, 1.82) is 0 Å². The fourth-order valence-electron chi connectivity index (χ4n) is 1.60. The Bertz CT molecular complexity index is 374. The van der Waals surface area contributed by atoms with E-state index < -0.39 is 0 Å². The van der Waals surface area contributed by atoms with Crippen LogP contribution in [0, 0.1) is 5.92 Å². The van der Waals surface area contributed by atoms with Gasteiger partial charge in [0.15, 0.2) is 0 Å². The van der Waals surface area contributed by atoms with E-state index in [1.807, 2.05) is 26.0 Å². The Morgan fingerprint density at radius 3 is 2.79 bits per heavy atom. The molecule has 0 amide bonds. The monoisotopic (exact) mass is 264 g/mol. The minimum absolute atomic E-state index is 0.113. The van der Waals surface area contributed by atoms with Gasteiger partial charge in [-0.3, -0.25) is 4.79 Å². The molecule has 0 aliphatic rings. The van der Waals surface area contributed by atoms with Crippen LogP contribution >= 0.6 is 0 Å². The highest BCUT2D eigenvalue weighted by atomic mass is 16.5. The third-order valence-corrected chi connectivity index (χ3v) is 2.88. The lowest BCUT2D eigenvalue weighted by molar-refractivity contribution is -0.121. The van der Waals surface area contributed by atoms with Crippen LogP contribution in [0.25, 0.3) is 0 Å². The summed E-state index contributed by atoms with van der Waals surface area (Å²) in [7, 11) is 0. The molecule has 0 aromatic carbocycles. The van der Waals surface area contributed by atoms with Crippen molar-refractivity contribution in [2.75, 3.05) is 19.7 Å². The minimum atomic E-state index is 0.113. The number of nitrogens with zero attached hydrogens (tertiary/aromatic N) is 1. The average Bonchev–Trinajstić information content (AvgIpc) is 2.42. The van der Waals surface area contributed by atoms with Crippen molar-refractivity contribution >= 4 is 5.78 Å². The van der Waals surface area contributed by atoms with E-state index in [-0.39, 0.29) is 5.92 Å². The number of ether oxygens (including phenoxy) is 1. The molecule has 0 bridgehead atoms. The molecule has 0 saturated heterocycles. The normalized spacial score (nSPS) is 10.7. The van der Waals surface area contributed by atoms with Gasteiger partial charge in [-0.1, -0.05) is 26.8 Å². The van der Waals surface area contributed by atoms with Gasteiger partial charge in [0.05, 0.1) is 0 Å². The van der Waals surface area contributed by atoms with Crippen LogP contribution in [0.1, 0.15) is 32.8 Å². The van der Waals surface area contributed by atoms with Crippen molar-refractivity contribution in [2.24, 2.45) is 5.92 Å². The molecule has 4 heteroatoms. The highest BCUT2D eigenvalue weighted by molar-refractivity contribution is 5.80. The zero-order chi connectivity index (χ0) is 14.1. The summed E-state index contributed by atoms with van der Waals surface area (Å²) >= 11 is 0. The summed E-state index contributed by atoms with van der Waals surface area (Å²) in [5.41, 5.74) is 1.08. The molecule has 0 aliphatic carbocycles. The SMILES string of the molecule is CCNCCOc1ccc(CCC(=O)C(C)C)cn1. The van der Waals surface area contributed by atoms with Gasteiger partial charge in [-0.25, -0.2) is 4.98 Å². The molecule has 0 atom stereocenters. The first-order valence-electron chi connectivity index (χ1n) is 6.94. The van der Waals surface area contributed by atoms with Gasteiger partial charge in [0.2, 0.25) is 5.88 Å². The third kappa shape index (κ3) is 6.34. The molecular formula is C15H24N2O2. The van der Waals surface area contributed by atoms with Gasteiger partial charge in [-0.2, -0.15) is 0 Å². The largest absolute Gasteiger partial charge is 0.476 e. The zero-order valence-electron chi connectivity index (χ0n) is 12.1.